The molecule has 1 N–H and O–H groups in total. The van der Waals surface area contributed by atoms with Gasteiger partial charge in [0.2, 0.25) is 0 Å². The van der Waals surface area contributed by atoms with E-state index >= 15 is 0 Å². The van der Waals surface area contributed by atoms with Gasteiger partial charge in [0.1, 0.15) is 11.9 Å². The molecule has 2 rings (SSSR count). The molecule has 0 aliphatic carbocycles. The maximum absolute atomic E-state index is 6.15. The quantitative estimate of drug-likeness (QED) is 0.785. The first-order valence-corrected chi connectivity index (χ1v) is 7.65. The van der Waals surface area contributed by atoms with Crippen LogP contribution in [0.1, 0.15) is 18.1 Å². The summed E-state index contributed by atoms with van der Waals surface area (Å²) in [6, 6.07) is 11.7. The van der Waals surface area contributed by atoms with Gasteiger partial charge >= 0.3 is 0 Å². The highest BCUT2D eigenvalue weighted by atomic mass is 35.5. The van der Waals surface area contributed by atoms with Gasteiger partial charge in [0.05, 0.1) is 22.3 Å². The summed E-state index contributed by atoms with van der Waals surface area (Å²) in [7, 11) is 0. The number of aryl methyl sites for hydroxylation is 2. The molecule has 0 saturated carbocycles. The second-order valence-electron chi connectivity index (χ2n) is 5.13. The van der Waals surface area contributed by atoms with Crippen molar-refractivity contribution in [2.24, 2.45) is 0 Å². The molecule has 2 aromatic carbocycles. The molecule has 0 aliphatic rings. The Hall–Kier alpha value is -1.38. The lowest BCUT2D eigenvalue weighted by Gasteiger charge is -2.19. The summed E-state index contributed by atoms with van der Waals surface area (Å²) in [5.41, 5.74) is 3.10. The van der Waals surface area contributed by atoms with E-state index in [1.165, 1.54) is 0 Å². The van der Waals surface area contributed by atoms with Crippen LogP contribution in [0, 0.1) is 13.8 Å². The molecule has 0 unspecified atom stereocenters. The van der Waals surface area contributed by atoms with Gasteiger partial charge in [-0.2, -0.15) is 0 Å². The van der Waals surface area contributed by atoms with Crippen LogP contribution in [0.3, 0.4) is 0 Å². The van der Waals surface area contributed by atoms with Crippen LogP contribution in [0.15, 0.2) is 36.4 Å². The summed E-state index contributed by atoms with van der Waals surface area (Å²) in [5, 5.41) is 4.36. The summed E-state index contributed by atoms with van der Waals surface area (Å²) in [6.45, 7) is 6.78. The zero-order chi connectivity index (χ0) is 15.4. The van der Waals surface area contributed by atoms with E-state index in [4.69, 9.17) is 27.9 Å². The minimum absolute atomic E-state index is 0.0137. The average Bonchev–Trinajstić information content (AvgIpc) is 2.45. The first kappa shape index (κ1) is 16.0. The normalized spacial score (nSPS) is 12.0. The number of benzene rings is 2. The minimum atomic E-state index is 0.0137. The Bertz CT molecular complexity index is 608. The van der Waals surface area contributed by atoms with E-state index in [1.54, 1.807) is 6.07 Å². The predicted molar refractivity (Wildman–Crippen MR) is 91.0 cm³/mol. The highest BCUT2D eigenvalue weighted by Crippen LogP contribution is 2.29. The predicted octanol–water partition coefficient (Wildman–Crippen LogP) is 5.49. The number of hydrogen-bond donors (Lipinski definition) is 1. The highest BCUT2D eigenvalue weighted by Gasteiger charge is 2.10. The SMILES string of the molecule is Cc1cccc(C)c1O[C@H](C)CNc1cccc(Cl)c1Cl. The molecule has 0 spiro atoms. The van der Waals surface area contributed by atoms with E-state index in [1.807, 2.05) is 25.1 Å². The number of halogens is 2. The Labute approximate surface area is 136 Å². The van der Waals surface area contributed by atoms with Crippen molar-refractivity contribution in [3.05, 3.63) is 57.6 Å². The second-order valence-corrected chi connectivity index (χ2v) is 5.92. The lowest BCUT2D eigenvalue weighted by Crippen LogP contribution is -2.23. The topological polar surface area (TPSA) is 21.3 Å². The Morgan fingerprint density at radius 2 is 1.67 bits per heavy atom. The van der Waals surface area contributed by atoms with Gasteiger partial charge in [-0.15, -0.1) is 0 Å². The number of anilines is 1. The molecular weight excluding hydrogens is 305 g/mol. The fraction of sp³-hybridized carbons (Fsp3) is 0.294. The number of para-hydroxylation sites is 1. The van der Waals surface area contributed by atoms with Crippen molar-refractivity contribution in [3.63, 3.8) is 0 Å². The fourth-order valence-corrected chi connectivity index (χ4v) is 2.49. The van der Waals surface area contributed by atoms with Crippen LogP contribution in [-0.2, 0) is 0 Å². The fourth-order valence-electron chi connectivity index (χ4n) is 2.12. The molecule has 0 aromatic heterocycles. The van der Waals surface area contributed by atoms with E-state index < -0.39 is 0 Å². The molecule has 2 nitrogen and oxygen atoms in total. The summed E-state index contributed by atoms with van der Waals surface area (Å²) in [6.07, 6.45) is 0.0137. The van der Waals surface area contributed by atoms with Gasteiger partial charge in [-0.3, -0.25) is 0 Å². The van der Waals surface area contributed by atoms with E-state index in [2.05, 4.69) is 31.3 Å². The van der Waals surface area contributed by atoms with Gasteiger partial charge in [-0.1, -0.05) is 47.5 Å². The number of ether oxygens (including phenoxy) is 1. The molecule has 0 aliphatic heterocycles. The molecule has 4 heteroatoms. The number of rotatable bonds is 5. The maximum atomic E-state index is 6.15. The van der Waals surface area contributed by atoms with Crippen LogP contribution in [0.4, 0.5) is 5.69 Å². The van der Waals surface area contributed by atoms with Gasteiger partial charge in [0.25, 0.3) is 0 Å². The molecular formula is C17H19Cl2NO. The largest absolute Gasteiger partial charge is 0.488 e. The lowest BCUT2D eigenvalue weighted by molar-refractivity contribution is 0.231. The van der Waals surface area contributed by atoms with Crippen molar-refractivity contribution in [2.75, 3.05) is 11.9 Å². The van der Waals surface area contributed by atoms with Crippen LogP contribution >= 0.6 is 23.2 Å². The first-order valence-electron chi connectivity index (χ1n) is 6.89. The summed E-state index contributed by atoms with van der Waals surface area (Å²) < 4.78 is 6.03. The highest BCUT2D eigenvalue weighted by molar-refractivity contribution is 6.43. The van der Waals surface area contributed by atoms with E-state index in [0.717, 1.165) is 22.6 Å². The Kier molecular flexibility index (Phi) is 5.38. The van der Waals surface area contributed by atoms with Crippen molar-refractivity contribution in [2.45, 2.75) is 26.9 Å². The number of nitrogens with one attached hydrogen (secondary N) is 1. The van der Waals surface area contributed by atoms with Crippen LogP contribution in [0.2, 0.25) is 10.0 Å². The van der Waals surface area contributed by atoms with Crippen molar-refractivity contribution in [1.82, 2.24) is 0 Å². The summed E-state index contributed by atoms with van der Waals surface area (Å²) >= 11 is 12.1. The van der Waals surface area contributed by atoms with Gasteiger partial charge in [-0.05, 0) is 44.0 Å². The molecule has 0 saturated heterocycles. The molecule has 21 heavy (non-hydrogen) atoms. The maximum Gasteiger partial charge on any atom is 0.125 e. The Morgan fingerprint density at radius 3 is 2.33 bits per heavy atom. The monoisotopic (exact) mass is 323 g/mol. The first-order chi connectivity index (χ1) is 9.99. The third-order valence-electron chi connectivity index (χ3n) is 3.26. The molecule has 0 amide bonds. The Morgan fingerprint density at radius 1 is 1.05 bits per heavy atom. The summed E-state index contributed by atoms with van der Waals surface area (Å²) in [4.78, 5) is 0. The van der Waals surface area contributed by atoms with E-state index in [0.29, 0.717) is 16.6 Å². The van der Waals surface area contributed by atoms with Crippen LogP contribution in [0.25, 0.3) is 0 Å². The van der Waals surface area contributed by atoms with E-state index in [-0.39, 0.29) is 6.10 Å². The number of hydrogen-bond acceptors (Lipinski definition) is 2. The van der Waals surface area contributed by atoms with Gasteiger partial charge < -0.3 is 10.1 Å². The van der Waals surface area contributed by atoms with Crippen LogP contribution in [-0.4, -0.2) is 12.6 Å². The van der Waals surface area contributed by atoms with Crippen molar-refractivity contribution in [1.29, 1.82) is 0 Å². The smallest absolute Gasteiger partial charge is 0.125 e. The van der Waals surface area contributed by atoms with Gasteiger partial charge in [-0.25, -0.2) is 0 Å². The van der Waals surface area contributed by atoms with Crippen molar-refractivity contribution < 1.29 is 4.74 Å². The second kappa shape index (κ2) is 7.06. The summed E-state index contributed by atoms with van der Waals surface area (Å²) in [5.74, 6) is 0.948. The molecule has 0 radical (unpaired) electrons. The molecule has 0 fully saturated rings. The van der Waals surface area contributed by atoms with Gasteiger partial charge in [0.15, 0.2) is 0 Å². The molecule has 0 heterocycles. The zero-order valence-electron chi connectivity index (χ0n) is 12.4. The standard InChI is InChI=1S/C17H19Cl2NO/c1-11-6-4-7-12(2)17(11)21-13(3)10-20-15-9-5-8-14(18)16(15)19/h4-9,13,20H,10H2,1-3H3/t13-/m1/s1. The van der Waals surface area contributed by atoms with Gasteiger partial charge in [0, 0.05) is 0 Å². The third kappa shape index (κ3) is 4.05. The molecule has 2 aromatic rings. The average molecular weight is 324 g/mol. The van der Waals surface area contributed by atoms with Crippen LogP contribution < -0.4 is 10.1 Å². The zero-order valence-corrected chi connectivity index (χ0v) is 13.9. The third-order valence-corrected chi connectivity index (χ3v) is 4.08. The van der Waals surface area contributed by atoms with E-state index in [9.17, 15) is 0 Å². The minimum Gasteiger partial charge on any atom is -0.488 e. The van der Waals surface area contributed by atoms with Crippen molar-refractivity contribution in [3.8, 4) is 5.75 Å². The molecule has 0 bridgehead atoms. The molecule has 112 valence electrons. The van der Waals surface area contributed by atoms with Crippen LogP contribution in [0.5, 0.6) is 5.75 Å². The molecule has 1 atom stereocenters. The lowest BCUT2D eigenvalue weighted by atomic mass is 10.1. The Balaban J connectivity index is 1.99. The van der Waals surface area contributed by atoms with Crippen molar-refractivity contribution >= 4 is 28.9 Å².